The molecule has 0 saturated heterocycles. The van der Waals surface area contributed by atoms with E-state index >= 15 is 0 Å². The maximum atomic E-state index is 11.7. The largest absolute Gasteiger partial charge is 0.351 e. The van der Waals surface area contributed by atoms with Crippen molar-refractivity contribution in [1.29, 1.82) is 0 Å². The van der Waals surface area contributed by atoms with Crippen LogP contribution in [0.1, 0.15) is 11.1 Å². The van der Waals surface area contributed by atoms with Crippen LogP contribution in [0.3, 0.4) is 0 Å². The van der Waals surface area contributed by atoms with Gasteiger partial charge in [0.2, 0.25) is 5.91 Å². The highest BCUT2D eigenvalue weighted by atomic mass is 35.5. The quantitative estimate of drug-likeness (QED) is 0.877. The van der Waals surface area contributed by atoms with Gasteiger partial charge in [0.15, 0.2) is 0 Å². The van der Waals surface area contributed by atoms with Gasteiger partial charge < -0.3 is 5.32 Å². The summed E-state index contributed by atoms with van der Waals surface area (Å²) >= 11 is 7.51. The average Bonchev–Trinajstić information content (AvgIpc) is 2.46. The second kappa shape index (κ2) is 7.98. The van der Waals surface area contributed by atoms with Gasteiger partial charge in [0.25, 0.3) is 0 Å². The highest BCUT2D eigenvalue weighted by molar-refractivity contribution is 7.99. The van der Waals surface area contributed by atoms with Gasteiger partial charge in [-0.1, -0.05) is 54.1 Å². The van der Waals surface area contributed by atoms with E-state index in [4.69, 9.17) is 11.6 Å². The molecule has 0 unspecified atom stereocenters. The Morgan fingerprint density at radius 2 is 1.80 bits per heavy atom. The standard InChI is InChI=1S/C16H16ClNOS/c17-15-8-4-7-14(9-15)10-18-16(19)12-20-11-13-5-2-1-3-6-13/h1-9H,10-12H2,(H,18,19). The van der Waals surface area contributed by atoms with E-state index in [0.717, 1.165) is 11.3 Å². The number of carbonyl (C=O) groups excluding carboxylic acids is 1. The predicted octanol–water partition coefficient (Wildman–Crippen LogP) is 3.89. The Bertz CT molecular complexity index is 559. The van der Waals surface area contributed by atoms with E-state index < -0.39 is 0 Å². The van der Waals surface area contributed by atoms with Crippen molar-refractivity contribution in [3.63, 3.8) is 0 Å². The number of carbonyl (C=O) groups is 1. The highest BCUT2D eigenvalue weighted by Gasteiger charge is 2.02. The number of nitrogens with one attached hydrogen (secondary N) is 1. The molecule has 104 valence electrons. The maximum absolute atomic E-state index is 11.7. The summed E-state index contributed by atoms with van der Waals surface area (Å²) in [6, 6.07) is 17.7. The molecule has 0 spiro atoms. The van der Waals surface area contributed by atoms with Gasteiger partial charge in [0.05, 0.1) is 5.75 Å². The molecular formula is C16H16ClNOS. The van der Waals surface area contributed by atoms with Crippen LogP contribution in [-0.4, -0.2) is 11.7 Å². The van der Waals surface area contributed by atoms with Crippen LogP contribution < -0.4 is 5.32 Å². The normalized spacial score (nSPS) is 10.2. The zero-order valence-electron chi connectivity index (χ0n) is 11.0. The minimum atomic E-state index is 0.0471. The van der Waals surface area contributed by atoms with Crippen molar-refractivity contribution in [2.24, 2.45) is 0 Å². The Morgan fingerprint density at radius 1 is 1.05 bits per heavy atom. The van der Waals surface area contributed by atoms with Gasteiger partial charge in [0, 0.05) is 17.3 Å². The number of thioether (sulfide) groups is 1. The van der Waals surface area contributed by atoms with Crippen molar-refractivity contribution in [3.05, 3.63) is 70.7 Å². The van der Waals surface area contributed by atoms with Crippen LogP contribution in [0.5, 0.6) is 0 Å². The molecule has 2 aromatic rings. The minimum Gasteiger partial charge on any atom is -0.351 e. The zero-order chi connectivity index (χ0) is 14.2. The van der Waals surface area contributed by atoms with Crippen LogP contribution in [0.2, 0.25) is 5.02 Å². The molecule has 0 fully saturated rings. The van der Waals surface area contributed by atoms with Gasteiger partial charge in [0.1, 0.15) is 0 Å². The lowest BCUT2D eigenvalue weighted by molar-refractivity contribution is -0.118. The number of halogens is 1. The van der Waals surface area contributed by atoms with E-state index in [1.54, 1.807) is 11.8 Å². The van der Waals surface area contributed by atoms with Crippen LogP contribution in [0, 0.1) is 0 Å². The van der Waals surface area contributed by atoms with Gasteiger partial charge in [-0.05, 0) is 23.3 Å². The second-order valence-electron chi connectivity index (χ2n) is 4.39. The van der Waals surface area contributed by atoms with Crippen molar-refractivity contribution < 1.29 is 4.79 Å². The molecule has 4 heteroatoms. The molecule has 2 nitrogen and oxygen atoms in total. The maximum Gasteiger partial charge on any atom is 0.230 e. The lowest BCUT2D eigenvalue weighted by Crippen LogP contribution is -2.24. The molecule has 2 aromatic carbocycles. The summed E-state index contributed by atoms with van der Waals surface area (Å²) in [7, 11) is 0. The SMILES string of the molecule is O=C(CSCc1ccccc1)NCc1cccc(Cl)c1. The van der Waals surface area contributed by atoms with E-state index in [-0.39, 0.29) is 5.91 Å². The monoisotopic (exact) mass is 305 g/mol. The highest BCUT2D eigenvalue weighted by Crippen LogP contribution is 2.12. The molecule has 0 aliphatic carbocycles. The summed E-state index contributed by atoms with van der Waals surface area (Å²) < 4.78 is 0. The molecule has 0 saturated carbocycles. The molecule has 0 aliphatic rings. The van der Waals surface area contributed by atoms with Crippen molar-refractivity contribution in [2.75, 3.05) is 5.75 Å². The molecule has 0 radical (unpaired) electrons. The van der Waals surface area contributed by atoms with Crippen LogP contribution in [0.25, 0.3) is 0 Å². The van der Waals surface area contributed by atoms with Crippen LogP contribution in [-0.2, 0) is 17.1 Å². The minimum absolute atomic E-state index is 0.0471. The number of amides is 1. The number of hydrogen-bond acceptors (Lipinski definition) is 2. The molecule has 0 aromatic heterocycles. The van der Waals surface area contributed by atoms with Crippen LogP contribution in [0.4, 0.5) is 0 Å². The predicted molar refractivity (Wildman–Crippen MR) is 85.9 cm³/mol. The van der Waals surface area contributed by atoms with Crippen LogP contribution in [0.15, 0.2) is 54.6 Å². The summed E-state index contributed by atoms with van der Waals surface area (Å²) in [4.78, 5) is 11.7. The van der Waals surface area contributed by atoms with Crippen molar-refractivity contribution in [2.45, 2.75) is 12.3 Å². The Labute approximate surface area is 128 Å². The smallest absolute Gasteiger partial charge is 0.230 e. The first kappa shape index (κ1) is 14.9. The van der Waals surface area contributed by atoms with Gasteiger partial charge in [-0.3, -0.25) is 4.79 Å². The summed E-state index contributed by atoms with van der Waals surface area (Å²) in [6.45, 7) is 0.519. The molecule has 0 atom stereocenters. The first-order valence-corrected chi connectivity index (χ1v) is 7.90. The van der Waals surface area contributed by atoms with Crippen LogP contribution >= 0.6 is 23.4 Å². The average molecular weight is 306 g/mol. The Hall–Kier alpha value is -1.45. The number of rotatable bonds is 6. The fourth-order valence-corrected chi connectivity index (χ4v) is 2.76. The zero-order valence-corrected chi connectivity index (χ0v) is 12.6. The summed E-state index contributed by atoms with van der Waals surface area (Å²) in [5, 5.41) is 3.58. The molecule has 20 heavy (non-hydrogen) atoms. The Balaban J connectivity index is 1.68. The molecular weight excluding hydrogens is 290 g/mol. The van der Waals surface area contributed by atoms with Crippen molar-refractivity contribution >= 4 is 29.3 Å². The fourth-order valence-electron chi connectivity index (χ4n) is 1.73. The molecule has 0 bridgehead atoms. The van der Waals surface area contributed by atoms with Gasteiger partial charge in [-0.15, -0.1) is 11.8 Å². The lowest BCUT2D eigenvalue weighted by Gasteiger charge is -2.06. The van der Waals surface area contributed by atoms with Gasteiger partial charge in [-0.2, -0.15) is 0 Å². The Kier molecular flexibility index (Phi) is 5.96. The third-order valence-corrected chi connectivity index (χ3v) is 3.96. The third kappa shape index (κ3) is 5.27. The Morgan fingerprint density at radius 3 is 2.55 bits per heavy atom. The summed E-state index contributed by atoms with van der Waals surface area (Å²) in [6.07, 6.45) is 0. The third-order valence-electron chi connectivity index (χ3n) is 2.72. The molecule has 1 N–H and O–H groups in total. The molecule has 1 amide bonds. The summed E-state index contributed by atoms with van der Waals surface area (Å²) in [5.41, 5.74) is 2.25. The molecule has 0 aliphatic heterocycles. The van der Waals surface area contributed by atoms with E-state index in [0.29, 0.717) is 17.3 Å². The van der Waals surface area contributed by atoms with E-state index in [1.807, 2.05) is 42.5 Å². The molecule has 2 rings (SSSR count). The van der Waals surface area contributed by atoms with Crippen molar-refractivity contribution in [1.82, 2.24) is 5.32 Å². The first-order valence-electron chi connectivity index (χ1n) is 6.37. The van der Waals surface area contributed by atoms with Gasteiger partial charge >= 0.3 is 0 Å². The van der Waals surface area contributed by atoms with Crippen molar-refractivity contribution in [3.8, 4) is 0 Å². The topological polar surface area (TPSA) is 29.1 Å². The lowest BCUT2D eigenvalue weighted by atomic mass is 10.2. The molecule has 0 heterocycles. The van der Waals surface area contributed by atoms with Gasteiger partial charge in [-0.25, -0.2) is 0 Å². The van der Waals surface area contributed by atoms with E-state index in [2.05, 4.69) is 17.4 Å². The van der Waals surface area contributed by atoms with E-state index in [9.17, 15) is 4.79 Å². The first-order chi connectivity index (χ1) is 9.74. The number of hydrogen-bond donors (Lipinski definition) is 1. The summed E-state index contributed by atoms with van der Waals surface area (Å²) in [5.74, 6) is 1.37. The second-order valence-corrected chi connectivity index (χ2v) is 5.81. The fraction of sp³-hybridized carbons (Fsp3) is 0.188. The number of benzene rings is 2. The van der Waals surface area contributed by atoms with E-state index in [1.165, 1.54) is 5.56 Å².